The highest BCUT2D eigenvalue weighted by atomic mass is 79.9. The zero-order valence-electron chi connectivity index (χ0n) is 10.6. The third kappa shape index (κ3) is 3.25. The van der Waals surface area contributed by atoms with E-state index in [0.717, 1.165) is 11.3 Å². The van der Waals surface area contributed by atoms with Gasteiger partial charge in [-0.15, -0.1) is 11.3 Å². The zero-order valence-corrected chi connectivity index (χ0v) is 13.8. The lowest BCUT2D eigenvalue weighted by Gasteiger charge is -2.11. The van der Waals surface area contributed by atoms with Crippen LogP contribution in [0.1, 0.15) is 15.2 Å². The largest absolute Gasteiger partial charge is 0.477 e. The van der Waals surface area contributed by atoms with Crippen LogP contribution in [0, 0.1) is 12.7 Å². The highest BCUT2D eigenvalue weighted by Gasteiger charge is 2.24. The number of carboxylic acid groups (broad SMARTS) is 1. The van der Waals surface area contributed by atoms with Crippen LogP contribution in [0.4, 0.5) is 10.1 Å². The number of nitrogens with one attached hydrogen (secondary N) is 1. The Labute approximate surface area is 132 Å². The van der Waals surface area contributed by atoms with Crippen LogP contribution in [0.5, 0.6) is 0 Å². The Balaban J connectivity index is 2.45. The van der Waals surface area contributed by atoms with Crippen molar-refractivity contribution in [3.05, 3.63) is 44.3 Å². The van der Waals surface area contributed by atoms with Crippen LogP contribution >= 0.6 is 27.3 Å². The summed E-state index contributed by atoms with van der Waals surface area (Å²) in [5, 5.41) is 10.4. The predicted octanol–water partition coefficient (Wildman–Crippen LogP) is 3.46. The minimum atomic E-state index is -4.06. The lowest BCUT2D eigenvalue weighted by Crippen LogP contribution is -2.16. The molecule has 112 valence electrons. The molecule has 2 N–H and O–H groups in total. The average molecular weight is 394 g/mol. The summed E-state index contributed by atoms with van der Waals surface area (Å²) in [4.78, 5) is 10.4. The van der Waals surface area contributed by atoms with Crippen molar-refractivity contribution in [1.82, 2.24) is 0 Å². The van der Waals surface area contributed by atoms with Gasteiger partial charge in [0.15, 0.2) is 0 Å². The summed E-state index contributed by atoms with van der Waals surface area (Å²) in [5.74, 6) is -1.83. The summed E-state index contributed by atoms with van der Waals surface area (Å²) in [7, 11) is -4.06. The standard InChI is InChI=1S/C12H9BrFNO4S2/c1-6-4-8(14)7(13)5-9(6)15-21(18,19)10-2-3-20-11(10)12(16)17/h2-5,15H,1H3,(H,16,17). The highest BCUT2D eigenvalue weighted by Crippen LogP contribution is 2.28. The van der Waals surface area contributed by atoms with Crippen molar-refractivity contribution in [3.8, 4) is 0 Å². The van der Waals surface area contributed by atoms with Crippen LogP contribution in [-0.4, -0.2) is 19.5 Å². The van der Waals surface area contributed by atoms with Gasteiger partial charge in [-0.25, -0.2) is 17.6 Å². The Hall–Kier alpha value is -1.45. The molecule has 2 aromatic rings. The van der Waals surface area contributed by atoms with E-state index >= 15 is 0 Å². The van der Waals surface area contributed by atoms with E-state index in [1.165, 1.54) is 23.6 Å². The van der Waals surface area contributed by atoms with Crippen molar-refractivity contribution in [2.45, 2.75) is 11.8 Å². The number of aromatic carboxylic acids is 1. The number of aryl methyl sites for hydroxylation is 1. The Morgan fingerprint density at radius 2 is 2.10 bits per heavy atom. The molecule has 0 spiro atoms. The summed E-state index contributed by atoms with van der Waals surface area (Å²) >= 11 is 3.79. The van der Waals surface area contributed by atoms with Crippen molar-refractivity contribution in [1.29, 1.82) is 0 Å². The molecule has 0 aliphatic heterocycles. The van der Waals surface area contributed by atoms with Crippen LogP contribution in [0.15, 0.2) is 32.9 Å². The SMILES string of the molecule is Cc1cc(F)c(Br)cc1NS(=O)(=O)c1ccsc1C(=O)O. The summed E-state index contributed by atoms with van der Waals surface area (Å²) in [6.07, 6.45) is 0. The zero-order chi connectivity index (χ0) is 15.8. The smallest absolute Gasteiger partial charge is 0.347 e. The first-order chi connectivity index (χ1) is 9.72. The number of benzene rings is 1. The molecule has 1 heterocycles. The number of carbonyl (C=O) groups is 1. The monoisotopic (exact) mass is 393 g/mol. The Kier molecular flexibility index (Phi) is 4.35. The average Bonchev–Trinajstić information content (AvgIpc) is 2.85. The second kappa shape index (κ2) is 5.74. The molecule has 0 fully saturated rings. The summed E-state index contributed by atoms with van der Waals surface area (Å²) < 4.78 is 40.2. The Morgan fingerprint density at radius 1 is 1.43 bits per heavy atom. The molecule has 1 aromatic carbocycles. The highest BCUT2D eigenvalue weighted by molar-refractivity contribution is 9.10. The molecule has 0 bridgehead atoms. The van der Waals surface area contributed by atoms with E-state index in [9.17, 15) is 17.6 Å². The molecule has 0 amide bonds. The molecule has 0 atom stereocenters. The second-order valence-corrected chi connectivity index (χ2v) is 7.53. The maximum Gasteiger partial charge on any atom is 0.347 e. The third-order valence-electron chi connectivity index (χ3n) is 2.62. The maximum absolute atomic E-state index is 13.3. The first-order valence-electron chi connectivity index (χ1n) is 5.51. The van der Waals surface area contributed by atoms with Crippen LogP contribution in [-0.2, 0) is 10.0 Å². The molecule has 9 heteroatoms. The van der Waals surface area contributed by atoms with Gasteiger partial charge in [0, 0.05) is 0 Å². The van der Waals surface area contributed by atoms with Crippen LogP contribution in [0.25, 0.3) is 0 Å². The summed E-state index contributed by atoms with van der Waals surface area (Å²) in [6, 6.07) is 3.67. The van der Waals surface area contributed by atoms with Gasteiger partial charge in [-0.2, -0.15) is 0 Å². The van der Waals surface area contributed by atoms with Gasteiger partial charge in [0.1, 0.15) is 15.6 Å². The molecule has 0 saturated carbocycles. The number of hydrogen-bond donors (Lipinski definition) is 2. The van der Waals surface area contributed by atoms with Gasteiger partial charge in [0.2, 0.25) is 0 Å². The first-order valence-corrected chi connectivity index (χ1v) is 8.67. The van der Waals surface area contributed by atoms with Crippen molar-refractivity contribution in [2.24, 2.45) is 0 Å². The number of carboxylic acids is 1. The van der Waals surface area contributed by atoms with Gasteiger partial charge < -0.3 is 5.11 Å². The van der Waals surface area contributed by atoms with E-state index in [0.29, 0.717) is 5.56 Å². The number of halogens is 2. The van der Waals surface area contributed by atoms with Gasteiger partial charge >= 0.3 is 5.97 Å². The van der Waals surface area contributed by atoms with E-state index in [4.69, 9.17) is 5.11 Å². The van der Waals surface area contributed by atoms with Crippen molar-refractivity contribution in [3.63, 3.8) is 0 Å². The first kappa shape index (κ1) is 15.9. The van der Waals surface area contributed by atoms with E-state index in [-0.39, 0.29) is 19.9 Å². The molecular weight excluding hydrogens is 385 g/mol. The van der Waals surface area contributed by atoms with E-state index < -0.39 is 21.8 Å². The second-order valence-electron chi connectivity index (χ2n) is 4.11. The van der Waals surface area contributed by atoms with Crippen LogP contribution in [0.2, 0.25) is 0 Å². The number of thiophene rings is 1. The quantitative estimate of drug-likeness (QED) is 0.832. The fraction of sp³-hybridized carbons (Fsp3) is 0.0833. The number of sulfonamides is 1. The fourth-order valence-electron chi connectivity index (χ4n) is 1.62. The fourth-order valence-corrected chi connectivity index (χ4v) is 4.35. The lowest BCUT2D eigenvalue weighted by atomic mass is 10.2. The molecular formula is C12H9BrFNO4S2. The molecule has 0 aliphatic rings. The third-order valence-corrected chi connectivity index (χ3v) is 5.67. The van der Waals surface area contributed by atoms with Gasteiger partial charge in [-0.05, 0) is 52.0 Å². The Bertz CT molecular complexity index is 817. The summed E-state index contributed by atoms with van der Waals surface area (Å²) in [5.41, 5.74) is 0.553. The van der Waals surface area contributed by atoms with E-state index in [1.807, 2.05) is 0 Å². The number of hydrogen-bond acceptors (Lipinski definition) is 4. The lowest BCUT2D eigenvalue weighted by molar-refractivity contribution is 0.0698. The summed E-state index contributed by atoms with van der Waals surface area (Å²) in [6.45, 7) is 1.54. The van der Waals surface area contributed by atoms with Gasteiger partial charge in [-0.3, -0.25) is 4.72 Å². The molecule has 0 saturated heterocycles. The number of rotatable bonds is 4. The van der Waals surface area contributed by atoms with Gasteiger partial charge in [0.05, 0.1) is 10.2 Å². The minimum absolute atomic E-state index is 0.106. The Morgan fingerprint density at radius 3 is 2.71 bits per heavy atom. The predicted molar refractivity (Wildman–Crippen MR) is 80.9 cm³/mol. The molecule has 0 radical (unpaired) electrons. The molecule has 0 unspecified atom stereocenters. The van der Waals surface area contributed by atoms with Gasteiger partial charge in [-0.1, -0.05) is 0 Å². The van der Waals surface area contributed by atoms with Gasteiger partial charge in [0.25, 0.3) is 10.0 Å². The van der Waals surface area contributed by atoms with Crippen LogP contribution in [0.3, 0.4) is 0 Å². The normalized spacial score (nSPS) is 11.4. The van der Waals surface area contributed by atoms with E-state index in [2.05, 4.69) is 20.7 Å². The van der Waals surface area contributed by atoms with Crippen molar-refractivity contribution in [2.75, 3.05) is 4.72 Å². The minimum Gasteiger partial charge on any atom is -0.477 e. The molecule has 0 aliphatic carbocycles. The molecule has 2 rings (SSSR count). The molecule has 21 heavy (non-hydrogen) atoms. The van der Waals surface area contributed by atoms with Crippen molar-refractivity contribution < 1.29 is 22.7 Å². The van der Waals surface area contributed by atoms with Crippen molar-refractivity contribution >= 4 is 48.9 Å². The number of anilines is 1. The topological polar surface area (TPSA) is 83.5 Å². The van der Waals surface area contributed by atoms with E-state index in [1.54, 1.807) is 6.92 Å². The maximum atomic E-state index is 13.3. The van der Waals surface area contributed by atoms with Crippen LogP contribution < -0.4 is 4.72 Å². The molecule has 5 nitrogen and oxygen atoms in total. The molecule has 1 aromatic heterocycles.